The van der Waals surface area contributed by atoms with Gasteiger partial charge in [0.05, 0.1) is 21.7 Å². The maximum absolute atomic E-state index is 13.4. The van der Waals surface area contributed by atoms with Gasteiger partial charge in [0.25, 0.3) is 0 Å². The van der Waals surface area contributed by atoms with Crippen molar-refractivity contribution in [3.05, 3.63) is 29.6 Å². The molecule has 0 saturated carbocycles. The van der Waals surface area contributed by atoms with Crippen molar-refractivity contribution in [3.8, 4) is 0 Å². The van der Waals surface area contributed by atoms with Crippen LogP contribution in [0.4, 0.5) is 4.39 Å². The molecule has 2 rings (SSSR count). The summed E-state index contributed by atoms with van der Waals surface area (Å²) in [7, 11) is -7.26. The SMILES string of the molecule is CCCCCN[C@H]1CS(=O)(=O)C[C@@H]1S(=O)(=O)c1ccc(F)c(C)c1. The van der Waals surface area contributed by atoms with Crippen molar-refractivity contribution >= 4 is 19.7 Å². The first-order valence-electron chi connectivity index (χ1n) is 8.11. The molecule has 1 aliphatic heterocycles. The van der Waals surface area contributed by atoms with Crippen LogP contribution in [0.25, 0.3) is 0 Å². The van der Waals surface area contributed by atoms with Gasteiger partial charge in [-0.05, 0) is 43.7 Å². The van der Waals surface area contributed by atoms with Crippen LogP contribution in [0.1, 0.15) is 31.7 Å². The number of rotatable bonds is 7. The predicted octanol–water partition coefficient (Wildman–Crippen LogP) is 1.85. The molecular weight excluding hydrogens is 353 g/mol. The Morgan fingerprint density at radius 2 is 1.96 bits per heavy atom. The van der Waals surface area contributed by atoms with Crippen molar-refractivity contribution in [2.75, 3.05) is 18.1 Å². The summed E-state index contributed by atoms with van der Waals surface area (Å²) < 4.78 is 63.1. The largest absolute Gasteiger partial charge is 0.312 e. The molecule has 136 valence electrons. The molecule has 0 aliphatic carbocycles. The molecule has 1 N–H and O–H groups in total. The molecule has 1 aromatic rings. The van der Waals surface area contributed by atoms with Gasteiger partial charge in [-0.1, -0.05) is 19.8 Å². The second kappa shape index (κ2) is 7.49. The van der Waals surface area contributed by atoms with Crippen LogP contribution >= 0.6 is 0 Å². The van der Waals surface area contributed by atoms with E-state index in [1.807, 2.05) is 0 Å². The van der Waals surface area contributed by atoms with Gasteiger partial charge >= 0.3 is 0 Å². The van der Waals surface area contributed by atoms with Crippen molar-refractivity contribution < 1.29 is 21.2 Å². The lowest BCUT2D eigenvalue weighted by Gasteiger charge is -2.20. The van der Waals surface area contributed by atoms with E-state index in [4.69, 9.17) is 0 Å². The molecule has 2 atom stereocenters. The average Bonchev–Trinajstić information content (AvgIpc) is 2.82. The number of nitrogens with one attached hydrogen (secondary N) is 1. The van der Waals surface area contributed by atoms with E-state index in [1.54, 1.807) is 0 Å². The molecule has 1 fully saturated rings. The lowest BCUT2D eigenvalue weighted by atomic mass is 10.2. The molecule has 8 heteroatoms. The lowest BCUT2D eigenvalue weighted by Crippen LogP contribution is -2.43. The third kappa shape index (κ3) is 4.34. The molecule has 1 aromatic carbocycles. The Labute approximate surface area is 143 Å². The summed E-state index contributed by atoms with van der Waals surface area (Å²) in [6.45, 7) is 4.13. The number of benzene rings is 1. The summed E-state index contributed by atoms with van der Waals surface area (Å²) in [6, 6.07) is 2.96. The van der Waals surface area contributed by atoms with E-state index in [2.05, 4.69) is 12.2 Å². The third-order valence-electron chi connectivity index (χ3n) is 4.34. The molecule has 1 heterocycles. The van der Waals surface area contributed by atoms with Crippen molar-refractivity contribution in [1.29, 1.82) is 0 Å². The molecule has 24 heavy (non-hydrogen) atoms. The first-order chi connectivity index (χ1) is 11.2. The van der Waals surface area contributed by atoms with Crippen LogP contribution in [0.2, 0.25) is 0 Å². The van der Waals surface area contributed by atoms with E-state index in [-0.39, 0.29) is 16.2 Å². The summed E-state index contributed by atoms with van der Waals surface area (Å²) in [5.74, 6) is -1.05. The molecule has 1 aliphatic rings. The summed E-state index contributed by atoms with van der Waals surface area (Å²) in [5.41, 5.74) is 0.226. The minimum absolute atomic E-state index is 0.0242. The minimum Gasteiger partial charge on any atom is -0.312 e. The number of hydrogen-bond donors (Lipinski definition) is 1. The summed E-state index contributed by atoms with van der Waals surface area (Å²) in [5, 5.41) is 2.06. The highest BCUT2D eigenvalue weighted by atomic mass is 32.2. The number of unbranched alkanes of at least 4 members (excludes halogenated alkanes) is 2. The van der Waals surface area contributed by atoms with E-state index in [0.29, 0.717) is 6.54 Å². The van der Waals surface area contributed by atoms with Gasteiger partial charge in [-0.3, -0.25) is 0 Å². The summed E-state index contributed by atoms with van der Waals surface area (Å²) in [4.78, 5) is -0.0242. The minimum atomic E-state index is -3.85. The number of halogens is 1. The smallest absolute Gasteiger partial charge is 0.183 e. The molecule has 0 amide bonds. The highest BCUT2D eigenvalue weighted by Crippen LogP contribution is 2.27. The topological polar surface area (TPSA) is 80.3 Å². The molecule has 0 aromatic heterocycles. The first kappa shape index (κ1) is 19.3. The molecule has 5 nitrogen and oxygen atoms in total. The Bertz CT molecular complexity index is 790. The van der Waals surface area contributed by atoms with Crippen LogP contribution in [0.3, 0.4) is 0 Å². The Morgan fingerprint density at radius 1 is 1.25 bits per heavy atom. The third-order valence-corrected chi connectivity index (χ3v) is 8.49. The quantitative estimate of drug-likeness (QED) is 0.579. The maximum atomic E-state index is 13.4. The molecular formula is C16H24FNO4S2. The van der Waals surface area contributed by atoms with E-state index in [9.17, 15) is 21.2 Å². The van der Waals surface area contributed by atoms with Gasteiger partial charge in [-0.25, -0.2) is 21.2 Å². The Balaban J connectivity index is 2.26. The first-order valence-corrected chi connectivity index (χ1v) is 11.5. The fourth-order valence-electron chi connectivity index (χ4n) is 2.94. The van der Waals surface area contributed by atoms with E-state index in [1.165, 1.54) is 19.1 Å². The molecule has 0 unspecified atom stereocenters. The van der Waals surface area contributed by atoms with Crippen molar-refractivity contribution in [2.45, 2.75) is 49.3 Å². The van der Waals surface area contributed by atoms with E-state index in [0.717, 1.165) is 25.3 Å². The van der Waals surface area contributed by atoms with Crippen LogP contribution in [0.5, 0.6) is 0 Å². The highest BCUT2D eigenvalue weighted by molar-refractivity contribution is 7.96. The highest BCUT2D eigenvalue weighted by Gasteiger charge is 2.45. The van der Waals surface area contributed by atoms with E-state index < -0.39 is 42.5 Å². The zero-order chi connectivity index (χ0) is 18.0. The van der Waals surface area contributed by atoms with Crippen molar-refractivity contribution in [3.63, 3.8) is 0 Å². The van der Waals surface area contributed by atoms with Crippen LogP contribution in [0, 0.1) is 12.7 Å². The van der Waals surface area contributed by atoms with Crippen LogP contribution in [0.15, 0.2) is 23.1 Å². The average molecular weight is 378 g/mol. The van der Waals surface area contributed by atoms with E-state index >= 15 is 0 Å². The Hall–Kier alpha value is -0.990. The molecule has 0 spiro atoms. The van der Waals surface area contributed by atoms with Crippen molar-refractivity contribution in [1.82, 2.24) is 5.32 Å². The monoisotopic (exact) mass is 377 g/mol. The summed E-state index contributed by atoms with van der Waals surface area (Å²) >= 11 is 0. The lowest BCUT2D eigenvalue weighted by molar-refractivity contribution is 0.512. The van der Waals surface area contributed by atoms with Gasteiger partial charge < -0.3 is 5.32 Å². The van der Waals surface area contributed by atoms with Gasteiger partial charge in [0.1, 0.15) is 5.82 Å². The second-order valence-corrected chi connectivity index (χ2v) is 10.7. The van der Waals surface area contributed by atoms with Gasteiger partial charge in [0.15, 0.2) is 19.7 Å². The van der Waals surface area contributed by atoms with Crippen LogP contribution < -0.4 is 5.32 Å². The standard InChI is InChI=1S/C16H24FNO4S2/c1-3-4-5-8-18-15-10-23(19,20)11-16(15)24(21,22)13-6-7-14(17)12(2)9-13/h6-7,9,15-16,18H,3-5,8,10-11H2,1-2H3/t15-,16-/m0/s1. The predicted molar refractivity (Wildman–Crippen MR) is 92.1 cm³/mol. The van der Waals surface area contributed by atoms with Crippen LogP contribution in [-0.2, 0) is 19.7 Å². The number of hydrogen-bond acceptors (Lipinski definition) is 5. The van der Waals surface area contributed by atoms with Gasteiger partial charge in [0, 0.05) is 6.04 Å². The zero-order valence-electron chi connectivity index (χ0n) is 14.0. The van der Waals surface area contributed by atoms with Crippen molar-refractivity contribution in [2.24, 2.45) is 0 Å². The van der Waals surface area contributed by atoms with Crippen LogP contribution in [-0.4, -0.2) is 46.2 Å². The van der Waals surface area contributed by atoms with Gasteiger partial charge in [0.2, 0.25) is 0 Å². The number of sulfone groups is 2. The fraction of sp³-hybridized carbons (Fsp3) is 0.625. The van der Waals surface area contributed by atoms with Gasteiger partial charge in [-0.15, -0.1) is 0 Å². The Morgan fingerprint density at radius 3 is 2.58 bits per heavy atom. The number of aryl methyl sites for hydroxylation is 1. The maximum Gasteiger partial charge on any atom is 0.183 e. The molecule has 0 bridgehead atoms. The van der Waals surface area contributed by atoms with Gasteiger partial charge in [-0.2, -0.15) is 0 Å². The molecule has 1 saturated heterocycles. The normalized spacial score (nSPS) is 23.5. The fourth-order valence-corrected chi connectivity index (χ4v) is 7.74. The second-order valence-electron chi connectivity index (χ2n) is 6.34. The molecule has 0 radical (unpaired) electrons. The summed E-state index contributed by atoms with van der Waals surface area (Å²) in [6.07, 6.45) is 2.90. The Kier molecular flexibility index (Phi) is 6.04. The zero-order valence-corrected chi connectivity index (χ0v) is 15.6.